The lowest BCUT2D eigenvalue weighted by atomic mass is 9.93. The zero-order chi connectivity index (χ0) is 11.2. The largest absolute Gasteiger partial charge is 0.0801 e. The molecule has 0 N–H and O–H groups in total. The van der Waals surface area contributed by atoms with E-state index in [2.05, 4.69) is 22.2 Å². The summed E-state index contributed by atoms with van der Waals surface area (Å²) in [5.41, 5.74) is 11.6. The van der Waals surface area contributed by atoms with Crippen molar-refractivity contribution in [2.45, 2.75) is 6.42 Å². The molecule has 2 rings (SSSR count). The highest BCUT2D eigenvalue weighted by Crippen LogP contribution is 2.28. The first-order valence-electron chi connectivity index (χ1n) is 5.07. The summed E-state index contributed by atoms with van der Waals surface area (Å²) in [6.45, 7) is 0. The average Bonchev–Trinajstić information content (AvgIpc) is 2.38. The van der Waals surface area contributed by atoms with Gasteiger partial charge in [-0.15, -0.1) is 0 Å². The first-order chi connectivity index (χ1) is 7.92. The van der Waals surface area contributed by atoms with Crippen molar-refractivity contribution >= 4 is 5.57 Å². The number of hydrogen-bond acceptors (Lipinski definition) is 1. The molecule has 0 saturated carbocycles. The van der Waals surface area contributed by atoms with Crippen LogP contribution in [0, 0.1) is 0 Å². The first-order valence-corrected chi connectivity index (χ1v) is 5.07. The van der Waals surface area contributed by atoms with Crippen molar-refractivity contribution in [3.63, 3.8) is 0 Å². The van der Waals surface area contributed by atoms with E-state index in [1.54, 1.807) is 6.20 Å². The minimum atomic E-state index is 0.805. The van der Waals surface area contributed by atoms with Crippen LogP contribution in [0.25, 0.3) is 16.0 Å². The van der Waals surface area contributed by atoms with E-state index in [4.69, 9.17) is 5.53 Å². The molecule has 0 spiro atoms. The SMILES string of the molecule is [N-]=[N+]=NC=C1CC=CC=C1c1ccccc1. The van der Waals surface area contributed by atoms with Gasteiger partial charge in [0.15, 0.2) is 0 Å². The van der Waals surface area contributed by atoms with Gasteiger partial charge in [-0.25, -0.2) is 0 Å². The molecule has 78 valence electrons. The molecule has 3 nitrogen and oxygen atoms in total. The summed E-state index contributed by atoms with van der Waals surface area (Å²) in [4.78, 5) is 2.76. The molecule has 1 aliphatic carbocycles. The van der Waals surface area contributed by atoms with Crippen LogP contribution in [0.4, 0.5) is 0 Å². The molecule has 1 aromatic carbocycles. The van der Waals surface area contributed by atoms with Crippen LogP contribution >= 0.6 is 0 Å². The molecule has 0 aromatic heterocycles. The molecule has 0 aliphatic heterocycles. The van der Waals surface area contributed by atoms with Crippen molar-refractivity contribution in [2.75, 3.05) is 0 Å². The Morgan fingerprint density at radius 3 is 2.81 bits per heavy atom. The van der Waals surface area contributed by atoms with Gasteiger partial charge in [-0.3, -0.25) is 0 Å². The number of hydrogen-bond donors (Lipinski definition) is 0. The van der Waals surface area contributed by atoms with Crippen LogP contribution in [0.5, 0.6) is 0 Å². The van der Waals surface area contributed by atoms with E-state index < -0.39 is 0 Å². The van der Waals surface area contributed by atoms with Gasteiger partial charge >= 0.3 is 0 Å². The van der Waals surface area contributed by atoms with E-state index in [0.717, 1.165) is 23.1 Å². The van der Waals surface area contributed by atoms with Crippen LogP contribution in [0.2, 0.25) is 0 Å². The van der Waals surface area contributed by atoms with Gasteiger partial charge in [-0.1, -0.05) is 53.7 Å². The Bertz CT molecular complexity index is 503. The van der Waals surface area contributed by atoms with Crippen molar-refractivity contribution in [3.8, 4) is 0 Å². The number of benzene rings is 1. The number of rotatable bonds is 2. The summed E-state index contributed by atoms with van der Waals surface area (Å²) in [5, 5.41) is 3.52. The lowest BCUT2D eigenvalue weighted by Gasteiger charge is -2.13. The third kappa shape index (κ3) is 2.22. The van der Waals surface area contributed by atoms with Gasteiger partial charge in [-0.2, -0.15) is 0 Å². The summed E-state index contributed by atoms with van der Waals surface area (Å²) in [5.74, 6) is 0. The molecular weight excluding hydrogens is 198 g/mol. The molecule has 0 heterocycles. The van der Waals surface area contributed by atoms with Gasteiger partial charge in [-0.05, 0) is 28.7 Å². The molecule has 0 atom stereocenters. The summed E-state index contributed by atoms with van der Waals surface area (Å²) in [6, 6.07) is 10.1. The van der Waals surface area contributed by atoms with Crippen LogP contribution in [0.3, 0.4) is 0 Å². The number of nitrogens with zero attached hydrogens (tertiary/aromatic N) is 3. The normalized spacial score (nSPS) is 16.8. The Hall–Kier alpha value is -2.25. The van der Waals surface area contributed by atoms with E-state index in [1.807, 2.05) is 36.4 Å². The van der Waals surface area contributed by atoms with Crippen molar-refractivity contribution in [1.82, 2.24) is 0 Å². The third-order valence-corrected chi connectivity index (χ3v) is 2.43. The number of allylic oxidation sites excluding steroid dienone is 5. The van der Waals surface area contributed by atoms with Gasteiger partial charge < -0.3 is 0 Å². The highest BCUT2D eigenvalue weighted by molar-refractivity contribution is 5.81. The molecule has 16 heavy (non-hydrogen) atoms. The van der Waals surface area contributed by atoms with E-state index in [1.165, 1.54) is 0 Å². The van der Waals surface area contributed by atoms with Gasteiger partial charge in [0.05, 0.1) is 0 Å². The van der Waals surface area contributed by atoms with E-state index in [-0.39, 0.29) is 0 Å². The van der Waals surface area contributed by atoms with Crippen LogP contribution in [-0.2, 0) is 0 Å². The molecule has 3 heteroatoms. The van der Waals surface area contributed by atoms with Crippen LogP contribution < -0.4 is 0 Å². The Kier molecular flexibility index (Phi) is 3.22. The van der Waals surface area contributed by atoms with Gasteiger partial charge in [0.2, 0.25) is 0 Å². The molecule has 1 aliphatic rings. The summed E-state index contributed by atoms with van der Waals surface area (Å²) < 4.78 is 0. The molecule has 0 radical (unpaired) electrons. The molecule has 1 aromatic rings. The van der Waals surface area contributed by atoms with Crippen molar-refractivity contribution in [1.29, 1.82) is 0 Å². The van der Waals surface area contributed by atoms with Crippen molar-refractivity contribution < 1.29 is 0 Å². The fourth-order valence-electron chi connectivity index (χ4n) is 1.69. The van der Waals surface area contributed by atoms with Crippen LogP contribution in [0.15, 0.2) is 65.4 Å². The lowest BCUT2D eigenvalue weighted by molar-refractivity contribution is 1.24. The first kappa shape index (κ1) is 10.3. The fourth-order valence-corrected chi connectivity index (χ4v) is 1.69. The van der Waals surface area contributed by atoms with Crippen LogP contribution in [0.1, 0.15) is 12.0 Å². The second kappa shape index (κ2) is 5.01. The summed E-state index contributed by atoms with van der Waals surface area (Å²) in [6.07, 6.45) is 8.50. The van der Waals surface area contributed by atoms with Crippen molar-refractivity contribution in [2.24, 2.45) is 5.11 Å². The van der Waals surface area contributed by atoms with Gasteiger partial charge in [0.25, 0.3) is 0 Å². The molecule has 0 unspecified atom stereocenters. The zero-order valence-corrected chi connectivity index (χ0v) is 8.74. The Balaban J connectivity index is 2.41. The minimum absolute atomic E-state index is 0.805. The maximum atomic E-state index is 8.33. The predicted octanol–water partition coefficient (Wildman–Crippen LogP) is 4.22. The Labute approximate surface area is 94.0 Å². The molecule has 0 saturated heterocycles. The van der Waals surface area contributed by atoms with Crippen LogP contribution in [-0.4, -0.2) is 0 Å². The quantitative estimate of drug-likeness (QED) is 0.397. The highest BCUT2D eigenvalue weighted by atomic mass is 15.1. The monoisotopic (exact) mass is 209 g/mol. The standard InChI is InChI=1S/C13H11N3/c14-16-15-10-12-8-4-5-9-13(12)11-6-2-1-3-7-11/h1-7,9-10H,8H2. The summed E-state index contributed by atoms with van der Waals surface area (Å²) in [7, 11) is 0. The molecule has 0 fully saturated rings. The lowest BCUT2D eigenvalue weighted by Crippen LogP contribution is -1.92. The second-order valence-electron chi connectivity index (χ2n) is 3.44. The molecule has 0 bridgehead atoms. The fraction of sp³-hybridized carbons (Fsp3) is 0.0769. The minimum Gasteiger partial charge on any atom is -0.0801 e. The second-order valence-corrected chi connectivity index (χ2v) is 3.44. The molecular formula is C13H11N3. The summed E-state index contributed by atoms with van der Waals surface area (Å²) >= 11 is 0. The topological polar surface area (TPSA) is 48.8 Å². The van der Waals surface area contributed by atoms with Gasteiger partial charge in [0, 0.05) is 11.1 Å². The van der Waals surface area contributed by atoms with E-state index in [0.29, 0.717) is 0 Å². The average molecular weight is 209 g/mol. The molecule has 0 amide bonds. The predicted molar refractivity (Wildman–Crippen MR) is 65.4 cm³/mol. The number of azide groups is 1. The zero-order valence-electron chi connectivity index (χ0n) is 8.74. The maximum absolute atomic E-state index is 8.33. The van der Waals surface area contributed by atoms with E-state index >= 15 is 0 Å². The third-order valence-electron chi connectivity index (χ3n) is 2.43. The Morgan fingerprint density at radius 2 is 2.06 bits per heavy atom. The highest BCUT2D eigenvalue weighted by Gasteiger charge is 2.07. The Morgan fingerprint density at radius 1 is 1.25 bits per heavy atom. The van der Waals surface area contributed by atoms with Gasteiger partial charge in [0.1, 0.15) is 0 Å². The smallest absolute Gasteiger partial charge is 0.00505 e. The van der Waals surface area contributed by atoms with E-state index in [9.17, 15) is 0 Å². The maximum Gasteiger partial charge on any atom is 0.00505 e. The van der Waals surface area contributed by atoms with Crippen molar-refractivity contribution in [3.05, 3.63) is 76.3 Å².